The van der Waals surface area contributed by atoms with Crippen molar-refractivity contribution < 1.29 is 18.6 Å². The summed E-state index contributed by atoms with van der Waals surface area (Å²) in [7, 11) is -3.02. The van der Waals surface area contributed by atoms with E-state index in [0.29, 0.717) is 5.56 Å². The molecule has 0 radical (unpaired) electrons. The summed E-state index contributed by atoms with van der Waals surface area (Å²) in [6, 6.07) is 6.52. The highest BCUT2D eigenvalue weighted by molar-refractivity contribution is 7.91. The molecule has 0 aromatic heterocycles. The third-order valence-corrected chi connectivity index (χ3v) is 4.71. The first-order valence-electron chi connectivity index (χ1n) is 5.14. The van der Waals surface area contributed by atoms with Gasteiger partial charge in [-0.1, -0.05) is 18.2 Å². The number of sulfone groups is 1. The number of aromatic hydroxyl groups is 1. The van der Waals surface area contributed by atoms with Crippen molar-refractivity contribution in [2.75, 3.05) is 11.5 Å². The molecule has 16 heavy (non-hydrogen) atoms. The number of phenolic OH excluding ortho intramolecular Hbond substituents is 1. The van der Waals surface area contributed by atoms with Gasteiger partial charge >= 0.3 is 0 Å². The molecule has 0 saturated carbocycles. The highest BCUT2D eigenvalue weighted by Crippen LogP contribution is 2.37. The zero-order chi connectivity index (χ0) is 11.8. The van der Waals surface area contributed by atoms with E-state index in [1.54, 1.807) is 18.2 Å². The van der Waals surface area contributed by atoms with Crippen LogP contribution in [0.25, 0.3) is 0 Å². The maximum atomic E-state index is 11.3. The lowest BCUT2D eigenvalue weighted by Gasteiger charge is -2.32. The van der Waals surface area contributed by atoms with E-state index < -0.39 is 15.4 Å². The third kappa shape index (κ3) is 2.05. The molecule has 88 valence electrons. The van der Waals surface area contributed by atoms with E-state index in [2.05, 4.69) is 0 Å². The maximum Gasteiger partial charge on any atom is 0.150 e. The number of para-hydroxylation sites is 1. The Morgan fingerprint density at radius 1 is 1.12 bits per heavy atom. The first-order valence-corrected chi connectivity index (χ1v) is 6.96. The topological polar surface area (TPSA) is 74.6 Å². The Balaban J connectivity index is 2.32. The van der Waals surface area contributed by atoms with Crippen molar-refractivity contribution in [1.29, 1.82) is 0 Å². The van der Waals surface area contributed by atoms with Crippen molar-refractivity contribution in [2.45, 2.75) is 18.4 Å². The molecule has 1 fully saturated rings. The van der Waals surface area contributed by atoms with Crippen LogP contribution in [0, 0.1) is 0 Å². The molecule has 0 unspecified atom stereocenters. The number of rotatable bonds is 1. The Morgan fingerprint density at radius 2 is 1.69 bits per heavy atom. The van der Waals surface area contributed by atoms with Gasteiger partial charge in [0.25, 0.3) is 0 Å². The average Bonchev–Trinajstić information content (AvgIpc) is 2.24. The second kappa shape index (κ2) is 3.75. The molecule has 0 bridgehead atoms. The second-order valence-corrected chi connectivity index (χ2v) is 6.50. The van der Waals surface area contributed by atoms with Crippen molar-refractivity contribution in [3.05, 3.63) is 29.8 Å². The minimum atomic E-state index is -3.02. The molecule has 1 heterocycles. The van der Waals surface area contributed by atoms with Crippen molar-refractivity contribution in [1.82, 2.24) is 0 Å². The van der Waals surface area contributed by atoms with E-state index in [9.17, 15) is 18.6 Å². The molecule has 4 nitrogen and oxygen atoms in total. The third-order valence-electron chi connectivity index (χ3n) is 3.06. The Kier molecular flexibility index (Phi) is 2.67. The van der Waals surface area contributed by atoms with Crippen molar-refractivity contribution in [2.24, 2.45) is 0 Å². The minimum absolute atomic E-state index is 0.0179. The second-order valence-electron chi connectivity index (χ2n) is 4.20. The Hall–Kier alpha value is -1.07. The van der Waals surface area contributed by atoms with Crippen LogP contribution in [0.1, 0.15) is 18.4 Å². The monoisotopic (exact) mass is 242 g/mol. The van der Waals surface area contributed by atoms with Crippen LogP contribution in [0.5, 0.6) is 5.75 Å². The van der Waals surface area contributed by atoms with Gasteiger partial charge in [0.15, 0.2) is 9.84 Å². The van der Waals surface area contributed by atoms with E-state index in [1.165, 1.54) is 6.07 Å². The Bertz CT molecular complexity index is 478. The average molecular weight is 242 g/mol. The van der Waals surface area contributed by atoms with Crippen molar-refractivity contribution in [3.8, 4) is 5.75 Å². The van der Waals surface area contributed by atoms with Gasteiger partial charge in [-0.25, -0.2) is 8.42 Å². The van der Waals surface area contributed by atoms with Gasteiger partial charge in [-0.15, -0.1) is 0 Å². The van der Waals surface area contributed by atoms with Crippen LogP contribution >= 0.6 is 0 Å². The number of hydrogen-bond donors (Lipinski definition) is 2. The fraction of sp³-hybridized carbons (Fsp3) is 0.455. The van der Waals surface area contributed by atoms with Crippen LogP contribution in [0.2, 0.25) is 0 Å². The van der Waals surface area contributed by atoms with E-state index in [0.717, 1.165) is 0 Å². The van der Waals surface area contributed by atoms with Gasteiger partial charge in [0, 0.05) is 5.56 Å². The molecule has 0 amide bonds. The van der Waals surface area contributed by atoms with Gasteiger partial charge in [0.1, 0.15) is 5.75 Å². The summed E-state index contributed by atoms with van der Waals surface area (Å²) in [5.41, 5.74) is -0.790. The van der Waals surface area contributed by atoms with Gasteiger partial charge in [-0.2, -0.15) is 0 Å². The summed E-state index contributed by atoms with van der Waals surface area (Å²) in [5.74, 6) is -0.0420. The smallest absolute Gasteiger partial charge is 0.150 e. The highest BCUT2D eigenvalue weighted by atomic mass is 32.2. The fourth-order valence-electron chi connectivity index (χ4n) is 2.01. The Labute approximate surface area is 94.5 Å². The first kappa shape index (κ1) is 11.4. The first-order chi connectivity index (χ1) is 7.43. The van der Waals surface area contributed by atoms with Crippen LogP contribution in [0.3, 0.4) is 0 Å². The molecule has 0 atom stereocenters. The minimum Gasteiger partial charge on any atom is -0.508 e. The summed E-state index contributed by atoms with van der Waals surface area (Å²) >= 11 is 0. The van der Waals surface area contributed by atoms with Crippen LogP contribution < -0.4 is 0 Å². The lowest BCUT2D eigenvalue weighted by atomic mass is 9.87. The standard InChI is InChI=1S/C11H14O4S/c12-10-4-2-1-3-9(10)11(13)5-7-16(14,15)8-6-11/h1-4,12-13H,5-8H2. The van der Waals surface area contributed by atoms with Gasteiger partial charge in [-0.05, 0) is 18.9 Å². The summed E-state index contributed by atoms with van der Waals surface area (Å²) in [6.07, 6.45) is 0.291. The summed E-state index contributed by atoms with van der Waals surface area (Å²) in [6.45, 7) is 0. The number of hydrogen-bond acceptors (Lipinski definition) is 4. The molecular weight excluding hydrogens is 228 g/mol. The predicted molar refractivity (Wildman–Crippen MR) is 59.9 cm³/mol. The highest BCUT2D eigenvalue weighted by Gasteiger charge is 2.38. The molecule has 1 aromatic carbocycles. The van der Waals surface area contributed by atoms with Gasteiger partial charge < -0.3 is 10.2 Å². The fourth-order valence-corrected chi connectivity index (χ4v) is 3.51. The molecule has 1 aliphatic rings. The molecule has 2 rings (SSSR count). The van der Waals surface area contributed by atoms with E-state index >= 15 is 0 Å². The molecule has 1 saturated heterocycles. The quantitative estimate of drug-likeness (QED) is 0.763. The van der Waals surface area contributed by atoms with Gasteiger partial charge in [0.2, 0.25) is 0 Å². The Morgan fingerprint density at radius 3 is 2.25 bits per heavy atom. The summed E-state index contributed by atoms with van der Waals surface area (Å²) in [5, 5.41) is 20.0. The van der Waals surface area contributed by atoms with E-state index in [1.807, 2.05) is 0 Å². The van der Waals surface area contributed by atoms with Gasteiger partial charge in [-0.3, -0.25) is 0 Å². The van der Waals surface area contributed by atoms with Gasteiger partial charge in [0.05, 0.1) is 17.1 Å². The van der Waals surface area contributed by atoms with Crippen LogP contribution in [0.15, 0.2) is 24.3 Å². The number of phenols is 1. The molecule has 5 heteroatoms. The molecule has 0 spiro atoms. The molecule has 1 aromatic rings. The lowest BCUT2D eigenvalue weighted by Crippen LogP contribution is -2.36. The molecular formula is C11H14O4S. The molecule has 0 aliphatic carbocycles. The zero-order valence-corrected chi connectivity index (χ0v) is 9.57. The number of benzene rings is 1. The predicted octanol–water partition coefficient (Wildman–Crippen LogP) is 0.788. The molecule has 1 aliphatic heterocycles. The largest absolute Gasteiger partial charge is 0.508 e. The molecule has 2 N–H and O–H groups in total. The van der Waals surface area contributed by atoms with Crippen molar-refractivity contribution in [3.63, 3.8) is 0 Å². The number of aliphatic hydroxyl groups is 1. The summed E-state index contributed by atoms with van der Waals surface area (Å²) < 4.78 is 22.6. The van der Waals surface area contributed by atoms with Crippen molar-refractivity contribution >= 4 is 9.84 Å². The van der Waals surface area contributed by atoms with Crippen LogP contribution in [-0.2, 0) is 15.4 Å². The SMILES string of the molecule is O=S1(=O)CCC(O)(c2ccccc2O)CC1. The van der Waals surface area contributed by atoms with E-state index in [4.69, 9.17) is 0 Å². The normalized spacial score (nSPS) is 22.8. The lowest BCUT2D eigenvalue weighted by molar-refractivity contribution is 0.0241. The zero-order valence-electron chi connectivity index (χ0n) is 8.76. The maximum absolute atomic E-state index is 11.3. The summed E-state index contributed by atoms with van der Waals surface area (Å²) in [4.78, 5) is 0. The van der Waals surface area contributed by atoms with Crippen LogP contribution in [0.4, 0.5) is 0 Å². The van der Waals surface area contributed by atoms with E-state index in [-0.39, 0.29) is 30.1 Å². The van der Waals surface area contributed by atoms with Crippen LogP contribution in [-0.4, -0.2) is 30.1 Å².